The summed E-state index contributed by atoms with van der Waals surface area (Å²) in [6.45, 7) is 3.45. The minimum atomic E-state index is -0.901. The van der Waals surface area contributed by atoms with Crippen LogP contribution in [0.1, 0.15) is 13.8 Å². The van der Waals surface area contributed by atoms with Crippen molar-refractivity contribution in [3.8, 4) is 0 Å². The molecule has 2 unspecified atom stereocenters. The molecule has 0 aliphatic carbocycles. The van der Waals surface area contributed by atoms with E-state index < -0.39 is 5.97 Å². The van der Waals surface area contributed by atoms with Gasteiger partial charge in [-0.1, -0.05) is 0 Å². The lowest BCUT2D eigenvalue weighted by Crippen LogP contribution is -2.44. The van der Waals surface area contributed by atoms with Crippen LogP contribution in [-0.4, -0.2) is 34.9 Å². The molecule has 5 nitrogen and oxygen atoms in total. The standard InChI is InChI=1S/C6H14N2O3/c1-4(5(2)8-11)7-3-6(9)10/h4-5,7-8,11H,3H2,1-2H3,(H,9,10). The number of nitrogens with one attached hydrogen (secondary N) is 2. The number of rotatable bonds is 5. The zero-order valence-corrected chi connectivity index (χ0v) is 6.66. The molecular formula is C6H14N2O3. The average Bonchev–Trinajstić information content (AvgIpc) is 1.98. The van der Waals surface area contributed by atoms with Gasteiger partial charge >= 0.3 is 5.97 Å². The van der Waals surface area contributed by atoms with Crippen LogP contribution >= 0.6 is 0 Å². The van der Waals surface area contributed by atoms with Gasteiger partial charge in [-0.25, -0.2) is 5.48 Å². The number of hydrogen-bond donors (Lipinski definition) is 4. The Morgan fingerprint density at radius 2 is 2.00 bits per heavy atom. The van der Waals surface area contributed by atoms with Gasteiger partial charge in [-0.2, -0.15) is 0 Å². The molecular weight excluding hydrogens is 148 g/mol. The zero-order chi connectivity index (χ0) is 8.85. The maximum absolute atomic E-state index is 10.1. The number of carbonyl (C=O) groups is 1. The average molecular weight is 162 g/mol. The van der Waals surface area contributed by atoms with E-state index in [1.165, 1.54) is 0 Å². The lowest BCUT2D eigenvalue weighted by atomic mass is 10.2. The van der Waals surface area contributed by atoms with Crippen molar-refractivity contribution in [2.24, 2.45) is 0 Å². The summed E-state index contributed by atoms with van der Waals surface area (Å²) in [5.74, 6) is -0.901. The summed E-state index contributed by atoms with van der Waals surface area (Å²) in [5, 5.41) is 19.4. The van der Waals surface area contributed by atoms with Crippen LogP contribution < -0.4 is 10.8 Å². The van der Waals surface area contributed by atoms with Crippen molar-refractivity contribution in [1.29, 1.82) is 0 Å². The van der Waals surface area contributed by atoms with Crippen molar-refractivity contribution in [3.63, 3.8) is 0 Å². The molecule has 0 radical (unpaired) electrons. The number of hydroxylamine groups is 1. The SMILES string of the molecule is CC(NO)C(C)NCC(=O)O. The maximum Gasteiger partial charge on any atom is 0.317 e. The van der Waals surface area contributed by atoms with Gasteiger partial charge in [0.05, 0.1) is 6.54 Å². The second-order valence-corrected chi connectivity index (χ2v) is 2.48. The molecule has 0 aromatic heterocycles. The molecule has 2 atom stereocenters. The van der Waals surface area contributed by atoms with Gasteiger partial charge in [0.15, 0.2) is 0 Å². The summed E-state index contributed by atoms with van der Waals surface area (Å²) in [7, 11) is 0. The fourth-order valence-electron chi connectivity index (χ4n) is 0.537. The van der Waals surface area contributed by atoms with Crippen LogP contribution in [0.2, 0.25) is 0 Å². The lowest BCUT2D eigenvalue weighted by Gasteiger charge is -2.18. The Morgan fingerprint density at radius 1 is 1.45 bits per heavy atom. The highest BCUT2D eigenvalue weighted by Crippen LogP contribution is 1.88. The number of hydrogen-bond acceptors (Lipinski definition) is 4. The van der Waals surface area contributed by atoms with E-state index in [1.54, 1.807) is 13.8 Å². The molecule has 4 N–H and O–H groups in total. The van der Waals surface area contributed by atoms with Crippen LogP contribution in [0.25, 0.3) is 0 Å². The molecule has 66 valence electrons. The Kier molecular flexibility index (Phi) is 4.76. The number of aliphatic carboxylic acids is 1. The molecule has 5 heteroatoms. The molecule has 0 aliphatic rings. The second kappa shape index (κ2) is 5.06. The maximum atomic E-state index is 10.1. The van der Waals surface area contributed by atoms with Gasteiger partial charge in [0.25, 0.3) is 0 Å². The van der Waals surface area contributed by atoms with Crippen LogP contribution in [0.5, 0.6) is 0 Å². The van der Waals surface area contributed by atoms with Crippen LogP contribution in [0, 0.1) is 0 Å². The highest BCUT2D eigenvalue weighted by atomic mass is 16.5. The monoisotopic (exact) mass is 162 g/mol. The molecule has 0 saturated heterocycles. The topological polar surface area (TPSA) is 81.6 Å². The van der Waals surface area contributed by atoms with Crippen LogP contribution in [0.3, 0.4) is 0 Å². The third-order valence-corrected chi connectivity index (χ3v) is 1.53. The van der Waals surface area contributed by atoms with Crippen molar-refractivity contribution < 1.29 is 15.1 Å². The van der Waals surface area contributed by atoms with Gasteiger partial charge in [0, 0.05) is 12.1 Å². The Hall–Kier alpha value is -0.650. The van der Waals surface area contributed by atoms with Gasteiger partial charge in [0.1, 0.15) is 0 Å². The minimum Gasteiger partial charge on any atom is -0.480 e. The third kappa shape index (κ3) is 4.72. The van der Waals surface area contributed by atoms with Crippen molar-refractivity contribution in [3.05, 3.63) is 0 Å². The van der Waals surface area contributed by atoms with E-state index in [2.05, 4.69) is 5.32 Å². The summed E-state index contributed by atoms with van der Waals surface area (Å²) < 4.78 is 0. The van der Waals surface area contributed by atoms with E-state index in [9.17, 15) is 4.79 Å². The molecule has 0 rings (SSSR count). The second-order valence-electron chi connectivity index (χ2n) is 2.48. The van der Waals surface area contributed by atoms with Crippen molar-refractivity contribution in [1.82, 2.24) is 10.8 Å². The lowest BCUT2D eigenvalue weighted by molar-refractivity contribution is -0.136. The molecule has 11 heavy (non-hydrogen) atoms. The molecule has 0 saturated carbocycles. The van der Waals surface area contributed by atoms with E-state index in [4.69, 9.17) is 10.3 Å². The van der Waals surface area contributed by atoms with Crippen molar-refractivity contribution >= 4 is 5.97 Å². The van der Waals surface area contributed by atoms with Crippen LogP contribution in [0.4, 0.5) is 0 Å². The number of carboxylic acid groups (broad SMARTS) is 1. The van der Waals surface area contributed by atoms with E-state index in [0.29, 0.717) is 0 Å². The Balaban J connectivity index is 3.51. The first-order chi connectivity index (χ1) is 5.07. The van der Waals surface area contributed by atoms with Gasteiger partial charge in [-0.05, 0) is 13.8 Å². The van der Waals surface area contributed by atoms with Gasteiger partial charge in [-0.15, -0.1) is 0 Å². The Morgan fingerprint density at radius 3 is 2.36 bits per heavy atom. The number of carboxylic acids is 1. The summed E-state index contributed by atoms with van der Waals surface area (Å²) in [5.41, 5.74) is 2.03. The van der Waals surface area contributed by atoms with Gasteiger partial charge in [-0.3, -0.25) is 4.79 Å². The Bertz CT molecular complexity index is 129. The molecule has 0 bridgehead atoms. The van der Waals surface area contributed by atoms with E-state index in [-0.39, 0.29) is 18.6 Å². The van der Waals surface area contributed by atoms with E-state index in [0.717, 1.165) is 0 Å². The molecule has 0 aromatic carbocycles. The smallest absolute Gasteiger partial charge is 0.317 e. The van der Waals surface area contributed by atoms with Gasteiger partial charge < -0.3 is 15.6 Å². The largest absolute Gasteiger partial charge is 0.480 e. The normalized spacial score (nSPS) is 15.9. The summed E-state index contributed by atoms with van der Waals surface area (Å²) >= 11 is 0. The first-order valence-electron chi connectivity index (χ1n) is 3.42. The fraction of sp³-hybridized carbons (Fsp3) is 0.833. The van der Waals surface area contributed by atoms with Crippen molar-refractivity contribution in [2.75, 3.05) is 6.54 Å². The summed E-state index contributed by atoms with van der Waals surface area (Å²) in [6.07, 6.45) is 0. The summed E-state index contributed by atoms with van der Waals surface area (Å²) in [6, 6.07) is -0.231. The first-order valence-corrected chi connectivity index (χ1v) is 3.42. The highest BCUT2D eigenvalue weighted by molar-refractivity contribution is 5.69. The molecule has 0 amide bonds. The molecule has 0 spiro atoms. The first kappa shape index (κ1) is 10.3. The minimum absolute atomic E-state index is 0.0731. The zero-order valence-electron chi connectivity index (χ0n) is 6.66. The van der Waals surface area contributed by atoms with Crippen molar-refractivity contribution in [2.45, 2.75) is 25.9 Å². The fourth-order valence-corrected chi connectivity index (χ4v) is 0.537. The molecule has 0 aromatic rings. The van der Waals surface area contributed by atoms with E-state index >= 15 is 0 Å². The van der Waals surface area contributed by atoms with Gasteiger partial charge in [0.2, 0.25) is 0 Å². The predicted octanol–water partition coefficient (Wildman–Crippen LogP) is -0.584. The Labute approximate surface area is 65.4 Å². The highest BCUT2D eigenvalue weighted by Gasteiger charge is 2.10. The van der Waals surface area contributed by atoms with Crippen LogP contribution in [-0.2, 0) is 4.79 Å². The van der Waals surface area contributed by atoms with Crippen LogP contribution in [0.15, 0.2) is 0 Å². The quantitative estimate of drug-likeness (QED) is 0.406. The third-order valence-electron chi connectivity index (χ3n) is 1.53. The summed E-state index contributed by atoms with van der Waals surface area (Å²) in [4.78, 5) is 10.1. The molecule has 0 fully saturated rings. The predicted molar refractivity (Wildman–Crippen MR) is 39.5 cm³/mol. The molecule has 0 aliphatic heterocycles. The van der Waals surface area contributed by atoms with E-state index in [1.807, 2.05) is 5.48 Å². The molecule has 0 heterocycles.